The first-order chi connectivity index (χ1) is 13.0. The second-order valence-electron chi connectivity index (χ2n) is 6.85. The lowest BCUT2D eigenvalue weighted by atomic mass is 10.0. The van der Waals surface area contributed by atoms with E-state index in [-0.39, 0.29) is 48.6 Å². The van der Waals surface area contributed by atoms with Crippen molar-refractivity contribution < 1.29 is 9.18 Å². The Bertz CT molecular complexity index is 930. The van der Waals surface area contributed by atoms with Crippen LogP contribution >= 0.6 is 24.8 Å². The molecule has 3 aromatic rings. The predicted octanol–water partition coefficient (Wildman–Crippen LogP) is 4.00. The van der Waals surface area contributed by atoms with E-state index in [1.807, 2.05) is 31.2 Å². The van der Waals surface area contributed by atoms with E-state index in [1.54, 1.807) is 12.1 Å². The third-order valence-corrected chi connectivity index (χ3v) is 4.79. The fourth-order valence-corrected chi connectivity index (χ4v) is 3.07. The highest BCUT2D eigenvalue weighted by molar-refractivity contribution is 5.99. The number of amides is 1. The fourth-order valence-electron chi connectivity index (χ4n) is 3.07. The van der Waals surface area contributed by atoms with Gasteiger partial charge in [0.15, 0.2) is 0 Å². The van der Waals surface area contributed by atoms with Crippen LogP contribution in [0.4, 0.5) is 4.39 Å². The van der Waals surface area contributed by atoms with Crippen LogP contribution in [0.1, 0.15) is 30.3 Å². The van der Waals surface area contributed by atoms with Crippen LogP contribution < -0.4 is 16.8 Å². The van der Waals surface area contributed by atoms with Crippen LogP contribution in [-0.4, -0.2) is 29.5 Å². The average molecular weight is 441 g/mol. The maximum Gasteiger partial charge on any atom is 0.267 e. The van der Waals surface area contributed by atoms with Crippen molar-refractivity contribution in [3.8, 4) is 11.1 Å². The van der Waals surface area contributed by atoms with Gasteiger partial charge in [-0.2, -0.15) is 0 Å². The highest BCUT2D eigenvalue weighted by Crippen LogP contribution is 2.25. The maximum atomic E-state index is 13.1. The molecule has 158 valence electrons. The van der Waals surface area contributed by atoms with Gasteiger partial charge in [0.2, 0.25) is 0 Å². The number of carbonyl (C=O) groups is 1. The standard InChI is InChI=1S/C21H25FN4O.2ClH/c1-13(18(24)3-2-10-23)25-21(27)20-12-16-5-4-15(11-19(16)26-20)14-6-8-17(22)9-7-14;;/h4-9,11-13,18,26H,2-3,10,23-24H2,1H3,(H,25,27);2*1H. The highest BCUT2D eigenvalue weighted by atomic mass is 35.5. The molecule has 2 aromatic carbocycles. The molecule has 2 unspecified atom stereocenters. The molecule has 0 fully saturated rings. The zero-order valence-corrected chi connectivity index (χ0v) is 17.8. The Balaban J connectivity index is 0.00000210. The Morgan fingerprint density at radius 2 is 1.76 bits per heavy atom. The molecule has 1 aromatic heterocycles. The molecule has 0 aliphatic heterocycles. The van der Waals surface area contributed by atoms with Gasteiger partial charge >= 0.3 is 0 Å². The third kappa shape index (κ3) is 6.18. The van der Waals surface area contributed by atoms with Crippen molar-refractivity contribution in [1.82, 2.24) is 10.3 Å². The molecule has 2 atom stereocenters. The second-order valence-corrected chi connectivity index (χ2v) is 6.85. The highest BCUT2D eigenvalue weighted by Gasteiger charge is 2.17. The predicted molar refractivity (Wildman–Crippen MR) is 121 cm³/mol. The quantitative estimate of drug-likeness (QED) is 0.446. The maximum absolute atomic E-state index is 13.1. The first kappa shape index (κ1) is 24.9. The van der Waals surface area contributed by atoms with Gasteiger partial charge in [0.05, 0.1) is 0 Å². The number of fused-ring (bicyclic) bond motifs is 1. The van der Waals surface area contributed by atoms with Gasteiger partial charge in [-0.15, -0.1) is 24.8 Å². The van der Waals surface area contributed by atoms with E-state index in [2.05, 4.69) is 10.3 Å². The monoisotopic (exact) mass is 440 g/mol. The normalized spacial score (nSPS) is 12.6. The number of benzene rings is 2. The minimum Gasteiger partial charge on any atom is -0.351 e. The molecule has 29 heavy (non-hydrogen) atoms. The number of nitrogens with one attached hydrogen (secondary N) is 2. The largest absolute Gasteiger partial charge is 0.351 e. The van der Waals surface area contributed by atoms with Crippen LogP contribution in [0, 0.1) is 5.82 Å². The van der Waals surface area contributed by atoms with Gasteiger partial charge in [0.25, 0.3) is 5.91 Å². The molecular weight excluding hydrogens is 414 g/mol. The summed E-state index contributed by atoms with van der Waals surface area (Å²) in [6, 6.07) is 13.7. The summed E-state index contributed by atoms with van der Waals surface area (Å²) in [6.45, 7) is 2.49. The molecule has 0 aliphatic rings. The third-order valence-electron chi connectivity index (χ3n) is 4.79. The van der Waals surface area contributed by atoms with Crippen molar-refractivity contribution in [3.05, 3.63) is 60.0 Å². The Hall–Kier alpha value is -2.12. The molecule has 1 heterocycles. The number of rotatable bonds is 7. The average Bonchev–Trinajstić information content (AvgIpc) is 3.10. The summed E-state index contributed by atoms with van der Waals surface area (Å²) >= 11 is 0. The summed E-state index contributed by atoms with van der Waals surface area (Å²) in [5.41, 5.74) is 14.8. The van der Waals surface area contributed by atoms with Crippen LogP contribution in [0.2, 0.25) is 0 Å². The molecule has 0 saturated heterocycles. The van der Waals surface area contributed by atoms with Crippen LogP contribution in [-0.2, 0) is 0 Å². The smallest absolute Gasteiger partial charge is 0.267 e. The van der Waals surface area contributed by atoms with Gasteiger partial charge in [-0.25, -0.2) is 4.39 Å². The number of carbonyl (C=O) groups excluding carboxylic acids is 1. The second kappa shape index (κ2) is 11.2. The molecule has 0 aliphatic carbocycles. The van der Waals surface area contributed by atoms with Crippen molar-refractivity contribution in [2.24, 2.45) is 11.5 Å². The van der Waals surface area contributed by atoms with Crippen LogP contribution in [0.3, 0.4) is 0 Å². The van der Waals surface area contributed by atoms with Crippen molar-refractivity contribution >= 4 is 41.6 Å². The molecule has 1 amide bonds. The summed E-state index contributed by atoms with van der Waals surface area (Å²) in [4.78, 5) is 15.7. The van der Waals surface area contributed by atoms with Gasteiger partial charge in [-0.05, 0) is 61.7 Å². The first-order valence-electron chi connectivity index (χ1n) is 9.13. The molecule has 0 bridgehead atoms. The number of nitrogens with two attached hydrogens (primary N) is 2. The number of hydrogen-bond acceptors (Lipinski definition) is 3. The van der Waals surface area contributed by atoms with Gasteiger partial charge in [-0.1, -0.05) is 24.3 Å². The SMILES string of the molecule is CC(NC(=O)c1cc2ccc(-c3ccc(F)cc3)cc2[nH]1)C(N)CCCN.Cl.Cl. The molecule has 6 N–H and O–H groups in total. The molecule has 5 nitrogen and oxygen atoms in total. The fraction of sp³-hybridized carbons (Fsp3) is 0.286. The molecular formula is C21H27Cl2FN4O. The first-order valence-corrected chi connectivity index (χ1v) is 9.13. The number of hydrogen-bond donors (Lipinski definition) is 4. The number of aromatic nitrogens is 1. The zero-order chi connectivity index (χ0) is 19.4. The molecule has 0 saturated carbocycles. The van der Waals surface area contributed by atoms with E-state index >= 15 is 0 Å². The molecule has 0 spiro atoms. The van der Waals surface area contributed by atoms with Gasteiger partial charge in [-0.3, -0.25) is 4.79 Å². The van der Waals surface area contributed by atoms with E-state index < -0.39 is 0 Å². The zero-order valence-electron chi connectivity index (χ0n) is 16.2. The topological polar surface area (TPSA) is 96.9 Å². The number of halogens is 3. The summed E-state index contributed by atoms with van der Waals surface area (Å²) in [7, 11) is 0. The Morgan fingerprint density at radius 1 is 1.10 bits per heavy atom. The molecule has 0 radical (unpaired) electrons. The number of H-pyrrole nitrogens is 1. The minimum absolute atomic E-state index is 0. The van der Waals surface area contributed by atoms with E-state index in [1.165, 1.54) is 12.1 Å². The van der Waals surface area contributed by atoms with Gasteiger partial charge < -0.3 is 21.8 Å². The number of aromatic amines is 1. The van der Waals surface area contributed by atoms with E-state index in [0.29, 0.717) is 12.2 Å². The Kier molecular flexibility index (Phi) is 9.59. The van der Waals surface area contributed by atoms with Crippen LogP contribution in [0.25, 0.3) is 22.0 Å². The lowest BCUT2D eigenvalue weighted by Gasteiger charge is -2.20. The Morgan fingerprint density at radius 3 is 2.41 bits per heavy atom. The van der Waals surface area contributed by atoms with E-state index in [9.17, 15) is 9.18 Å². The Labute approximate surface area is 182 Å². The van der Waals surface area contributed by atoms with Crippen molar-refractivity contribution in [2.45, 2.75) is 31.8 Å². The minimum atomic E-state index is -0.266. The summed E-state index contributed by atoms with van der Waals surface area (Å²) in [6.07, 6.45) is 1.60. The van der Waals surface area contributed by atoms with Crippen LogP contribution in [0.5, 0.6) is 0 Å². The van der Waals surface area contributed by atoms with Crippen molar-refractivity contribution in [3.63, 3.8) is 0 Å². The molecule has 8 heteroatoms. The lowest BCUT2D eigenvalue weighted by molar-refractivity contribution is 0.0929. The van der Waals surface area contributed by atoms with Crippen LogP contribution in [0.15, 0.2) is 48.5 Å². The summed E-state index contributed by atoms with van der Waals surface area (Å²) < 4.78 is 13.1. The van der Waals surface area contributed by atoms with Crippen molar-refractivity contribution in [2.75, 3.05) is 6.54 Å². The van der Waals surface area contributed by atoms with Gasteiger partial charge in [0, 0.05) is 23.0 Å². The van der Waals surface area contributed by atoms with Crippen molar-refractivity contribution in [1.29, 1.82) is 0 Å². The summed E-state index contributed by atoms with van der Waals surface area (Å²) in [5, 5.41) is 3.88. The van der Waals surface area contributed by atoms with Gasteiger partial charge in [0.1, 0.15) is 11.5 Å². The van der Waals surface area contributed by atoms with E-state index in [4.69, 9.17) is 11.5 Å². The summed E-state index contributed by atoms with van der Waals surface area (Å²) in [5.74, 6) is -0.456. The lowest BCUT2D eigenvalue weighted by Crippen LogP contribution is -2.45. The molecule has 3 rings (SSSR count). The van der Waals surface area contributed by atoms with E-state index in [0.717, 1.165) is 34.9 Å².